The van der Waals surface area contributed by atoms with E-state index in [4.69, 9.17) is 10.8 Å². The lowest BCUT2D eigenvalue weighted by atomic mass is 10.3. The fourth-order valence-electron chi connectivity index (χ4n) is 0.783. The minimum atomic E-state index is -1.09. The minimum absolute atomic E-state index is 0. The van der Waals surface area contributed by atoms with Crippen LogP contribution in [-0.4, -0.2) is 20.9 Å². The highest BCUT2D eigenvalue weighted by Crippen LogP contribution is 2.13. The number of hydrogen-bond donors (Lipinski definition) is 2. The second-order valence-corrected chi connectivity index (χ2v) is 2.28. The average Bonchev–Trinajstić information content (AvgIpc) is 2.17. The topological polar surface area (TPSA) is 81.1 Å². The number of carboxylic acid groups (broad SMARTS) is 1. The van der Waals surface area contributed by atoms with Gasteiger partial charge in [0.25, 0.3) is 0 Å². The van der Waals surface area contributed by atoms with Crippen molar-refractivity contribution in [1.82, 2.24) is 9.78 Å². The van der Waals surface area contributed by atoms with E-state index in [1.165, 1.54) is 4.68 Å². The molecule has 12 heavy (non-hydrogen) atoms. The van der Waals surface area contributed by atoms with Gasteiger partial charge in [-0.3, -0.25) is 4.68 Å². The molecule has 68 valence electrons. The molecular formula is C6H10ClN3O2. The van der Waals surface area contributed by atoms with Crippen molar-refractivity contribution in [3.8, 4) is 0 Å². The average molecular weight is 192 g/mol. The molecule has 0 amide bonds. The van der Waals surface area contributed by atoms with Gasteiger partial charge >= 0.3 is 5.97 Å². The maximum Gasteiger partial charge on any atom is 0.358 e. The summed E-state index contributed by atoms with van der Waals surface area (Å²) in [4.78, 5) is 10.4. The second-order valence-electron chi connectivity index (χ2n) is 2.28. The Bertz CT molecular complexity index is 308. The van der Waals surface area contributed by atoms with Gasteiger partial charge in [0.1, 0.15) is 0 Å². The summed E-state index contributed by atoms with van der Waals surface area (Å²) >= 11 is 0. The van der Waals surface area contributed by atoms with Gasteiger partial charge in [-0.25, -0.2) is 4.79 Å². The van der Waals surface area contributed by atoms with Crippen molar-refractivity contribution in [3.05, 3.63) is 11.4 Å². The first kappa shape index (κ1) is 10.8. The number of aromatic nitrogens is 2. The molecule has 0 saturated carbocycles. The molecular weight excluding hydrogens is 182 g/mol. The number of rotatable bonds is 1. The number of carbonyl (C=O) groups is 1. The summed E-state index contributed by atoms with van der Waals surface area (Å²) < 4.78 is 1.44. The Morgan fingerprint density at radius 3 is 2.33 bits per heavy atom. The number of nitrogens with two attached hydrogens (primary N) is 1. The van der Waals surface area contributed by atoms with Crippen LogP contribution in [0.2, 0.25) is 0 Å². The molecule has 6 heteroatoms. The van der Waals surface area contributed by atoms with Gasteiger partial charge in [0.15, 0.2) is 5.69 Å². The predicted molar refractivity (Wildman–Crippen MR) is 46.6 cm³/mol. The molecule has 0 radical (unpaired) electrons. The normalized spacial score (nSPS) is 9.17. The number of anilines is 1. The Morgan fingerprint density at radius 2 is 2.17 bits per heavy atom. The summed E-state index contributed by atoms with van der Waals surface area (Å²) in [5.41, 5.74) is 6.27. The third-order valence-corrected chi connectivity index (χ3v) is 1.58. The van der Waals surface area contributed by atoms with Crippen LogP contribution in [0.25, 0.3) is 0 Å². The molecule has 0 aliphatic carbocycles. The van der Waals surface area contributed by atoms with Crippen LogP contribution < -0.4 is 5.73 Å². The molecule has 1 rings (SSSR count). The number of carboxylic acids is 1. The third kappa shape index (κ3) is 1.50. The Morgan fingerprint density at radius 1 is 1.67 bits per heavy atom. The Balaban J connectivity index is 0.00000121. The van der Waals surface area contributed by atoms with Crippen LogP contribution in [0.4, 0.5) is 5.69 Å². The van der Waals surface area contributed by atoms with E-state index in [-0.39, 0.29) is 23.8 Å². The van der Waals surface area contributed by atoms with Gasteiger partial charge in [0.05, 0.1) is 11.4 Å². The van der Waals surface area contributed by atoms with Gasteiger partial charge < -0.3 is 10.8 Å². The zero-order chi connectivity index (χ0) is 8.59. The van der Waals surface area contributed by atoms with Gasteiger partial charge in [-0.1, -0.05) is 0 Å². The molecule has 0 atom stereocenters. The molecule has 1 heterocycles. The van der Waals surface area contributed by atoms with E-state index < -0.39 is 5.97 Å². The van der Waals surface area contributed by atoms with Gasteiger partial charge in [0.2, 0.25) is 0 Å². The fourth-order valence-corrected chi connectivity index (χ4v) is 0.783. The van der Waals surface area contributed by atoms with Crippen molar-refractivity contribution in [1.29, 1.82) is 0 Å². The molecule has 0 spiro atoms. The molecule has 1 aromatic rings. The lowest BCUT2D eigenvalue weighted by Crippen LogP contribution is -2.01. The summed E-state index contributed by atoms with van der Waals surface area (Å²) in [6.07, 6.45) is 0. The van der Waals surface area contributed by atoms with E-state index in [0.29, 0.717) is 5.69 Å². The lowest BCUT2D eigenvalue weighted by Gasteiger charge is -1.90. The van der Waals surface area contributed by atoms with Crippen LogP contribution in [-0.2, 0) is 7.05 Å². The lowest BCUT2D eigenvalue weighted by molar-refractivity contribution is 0.0691. The van der Waals surface area contributed by atoms with Gasteiger partial charge in [0, 0.05) is 7.05 Å². The highest BCUT2D eigenvalue weighted by molar-refractivity contribution is 5.91. The molecule has 0 aliphatic heterocycles. The maximum absolute atomic E-state index is 10.4. The fraction of sp³-hybridized carbons (Fsp3) is 0.333. The highest BCUT2D eigenvalue weighted by atomic mass is 35.5. The van der Waals surface area contributed by atoms with Crippen molar-refractivity contribution < 1.29 is 9.90 Å². The van der Waals surface area contributed by atoms with Crippen LogP contribution >= 0.6 is 12.4 Å². The first-order valence-corrected chi connectivity index (χ1v) is 3.06. The first-order valence-electron chi connectivity index (χ1n) is 3.06. The van der Waals surface area contributed by atoms with E-state index in [1.807, 2.05) is 0 Å². The summed E-state index contributed by atoms with van der Waals surface area (Å²) in [6.45, 7) is 1.72. The summed E-state index contributed by atoms with van der Waals surface area (Å²) in [7, 11) is 1.65. The molecule has 3 N–H and O–H groups in total. The largest absolute Gasteiger partial charge is 0.476 e. The van der Waals surface area contributed by atoms with Crippen molar-refractivity contribution in [2.75, 3.05) is 5.73 Å². The molecule has 0 bridgehead atoms. The van der Waals surface area contributed by atoms with Crippen LogP contribution in [0, 0.1) is 6.92 Å². The van der Waals surface area contributed by atoms with Crippen LogP contribution in [0.15, 0.2) is 0 Å². The summed E-state index contributed by atoms with van der Waals surface area (Å²) in [5.74, 6) is -1.09. The third-order valence-electron chi connectivity index (χ3n) is 1.58. The van der Waals surface area contributed by atoms with Gasteiger partial charge in [-0.2, -0.15) is 5.10 Å². The number of hydrogen-bond acceptors (Lipinski definition) is 3. The Hall–Kier alpha value is -1.23. The molecule has 0 aliphatic rings. The summed E-state index contributed by atoms with van der Waals surface area (Å²) in [5, 5.41) is 12.2. The van der Waals surface area contributed by atoms with Gasteiger partial charge in [-0.05, 0) is 6.92 Å². The standard InChI is InChI=1S/C6H9N3O2.ClH/c1-3-4(7)5(6(10)11)8-9(3)2;/h7H2,1-2H3,(H,10,11);1H. The molecule has 0 aromatic carbocycles. The van der Waals surface area contributed by atoms with E-state index in [2.05, 4.69) is 5.10 Å². The minimum Gasteiger partial charge on any atom is -0.476 e. The number of nitrogen functional groups attached to an aromatic ring is 1. The monoisotopic (exact) mass is 191 g/mol. The van der Waals surface area contributed by atoms with Gasteiger partial charge in [-0.15, -0.1) is 12.4 Å². The highest BCUT2D eigenvalue weighted by Gasteiger charge is 2.15. The SMILES string of the molecule is Cc1c(N)c(C(=O)O)nn1C.Cl. The number of halogens is 1. The molecule has 0 saturated heterocycles. The second kappa shape index (κ2) is 3.44. The maximum atomic E-state index is 10.4. The van der Waals surface area contributed by atoms with Crippen molar-refractivity contribution in [2.45, 2.75) is 6.92 Å². The molecule has 0 fully saturated rings. The smallest absolute Gasteiger partial charge is 0.358 e. The van der Waals surface area contributed by atoms with E-state index in [9.17, 15) is 4.79 Å². The van der Waals surface area contributed by atoms with Crippen LogP contribution in [0.1, 0.15) is 16.2 Å². The first-order chi connectivity index (χ1) is 5.04. The molecule has 0 unspecified atom stereocenters. The van der Waals surface area contributed by atoms with Crippen molar-refractivity contribution in [3.63, 3.8) is 0 Å². The van der Waals surface area contributed by atoms with Crippen molar-refractivity contribution in [2.24, 2.45) is 7.05 Å². The molecule has 1 aromatic heterocycles. The number of aryl methyl sites for hydroxylation is 1. The van der Waals surface area contributed by atoms with E-state index >= 15 is 0 Å². The Kier molecular flexibility index (Phi) is 3.09. The zero-order valence-electron chi connectivity index (χ0n) is 6.74. The Labute approximate surface area is 75.6 Å². The van der Waals surface area contributed by atoms with E-state index in [1.54, 1.807) is 14.0 Å². The predicted octanol–water partition coefficient (Wildman–Crippen LogP) is 0.431. The van der Waals surface area contributed by atoms with Crippen LogP contribution in [0.3, 0.4) is 0 Å². The van der Waals surface area contributed by atoms with E-state index in [0.717, 1.165) is 0 Å². The van der Waals surface area contributed by atoms with Crippen LogP contribution in [0.5, 0.6) is 0 Å². The number of aromatic carboxylic acids is 1. The van der Waals surface area contributed by atoms with Crippen molar-refractivity contribution >= 4 is 24.1 Å². The number of nitrogens with zero attached hydrogens (tertiary/aromatic N) is 2. The molecule has 5 nitrogen and oxygen atoms in total. The summed E-state index contributed by atoms with van der Waals surface area (Å²) in [6, 6.07) is 0. The quantitative estimate of drug-likeness (QED) is 0.675. The zero-order valence-corrected chi connectivity index (χ0v) is 7.55.